The van der Waals surface area contributed by atoms with Gasteiger partial charge >= 0.3 is 0 Å². The van der Waals surface area contributed by atoms with Gasteiger partial charge in [-0.25, -0.2) is 0 Å². The molecule has 0 saturated carbocycles. The van der Waals surface area contributed by atoms with Gasteiger partial charge in [-0.15, -0.1) is 0 Å². The molecule has 148 valence electrons. The number of hydrogen-bond donors (Lipinski definition) is 2. The Morgan fingerprint density at radius 3 is 2.46 bits per heavy atom. The van der Waals surface area contributed by atoms with E-state index in [1.807, 2.05) is 18.2 Å². The van der Waals surface area contributed by atoms with Gasteiger partial charge in [-0.3, -0.25) is 9.69 Å². The van der Waals surface area contributed by atoms with Crippen LogP contribution in [0.15, 0.2) is 54.6 Å². The Labute approximate surface area is 168 Å². The standard InChI is InChI=1S/C24H31N3O/c25-24(28)20-8-4-7-19(15-20)21-16-22-9-10-23(17-21)27(22)14-13-26-12-11-18-5-2-1-3-6-18/h1-8,15,21-23,26H,9-14,16-17H2,(H2,25,28)/t21-,22+,23-. The largest absolute Gasteiger partial charge is 0.366 e. The summed E-state index contributed by atoms with van der Waals surface area (Å²) in [6.07, 6.45) is 6.10. The highest BCUT2D eigenvalue weighted by Gasteiger charge is 2.40. The maximum absolute atomic E-state index is 11.5. The average molecular weight is 378 g/mol. The fourth-order valence-electron chi connectivity index (χ4n) is 5.07. The number of benzene rings is 2. The fourth-order valence-corrected chi connectivity index (χ4v) is 5.07. The number of fused-ring (bicyclic) bond motifs is 2. The molecule has 3 N–H and O–H groups in total. The maximum atomic E-state index is 11.5. The minimum atomic E-state index is -0.330. The predicted octanol–water partition coefficient (Wildman–Crippen LogP) is 3.33. The topological polar surface area (TPSA) is 58.4 Å². The number of nitrogens with two attached hydrogens (primary N) is 1. The third-order valence-electron chi connectivity index (χ3n) is 6.51. The quantitative estimate of drug-likeness (QED) is 0.694. The summed E-state index contributed by atoms with van der Waals surface area (Å²) in [6, 6.07) is 20.0. The molecule has 0 aromatic heterocycles. The third kappa shape index (κ3) is 4.45. The first-order chi connectivity index (χ1) is 13.7. The fraction of sp³-hybridized carbons (Fsp3) is 0.458. The molecule has 2 aliphatic rings. The van der Waals surface area contributed by atoms with Crippen molar-refractivity contribution in [3.63, 3.8) is 0 Å². The molecule has 2 heterocycles. The van der Waals surface area contributed by atoms with Crippen LogP contribution in [-0.4, -0.2) is 42.5 Å². The zero-order valence-electron chi connectivity index (χ0n) is 16.5. The molecule has 4 rings (SSSR count). The van der Waals surface area contributed by atoms with E-state index in [-0.39, 0.29) is 5.91 Å². The highest BCUT2D eigenvalue weighted by molar-refractivity contribution is 5.92. The van der Waals surface area contributed by atoms with Crippen LogP contribution in [-0.2, 0) is 6.42 Å². The minimum Gasteiger partial charge on any atom is -0.366 e. The van der Waals surface area contributed by atoms with Crippen molar-refractivity contribution in [3.8, 4) is 0 Å². The second-order valence-electron chi connectivity index (χ2n) is 8.27. The summed E-state index contributed by atoms with van der Waals surface area (Å²) in [5.74, 6) is 0.225. The number of carbonyl (C=O) groups excluding carboxylic acids is 1. The highest BCUT2D eigenvalue weighted by atomic mass is 16.1. The van der Waals surface area contributed by atoms with Gasteiger partial charge in [0.15, 0.2) is 0 Å². The second-order valence-corrected chi connectivity index (χ2v) is 8.27. The molecule has 2 aliphatic heterocycles. The molecule has 0 unspecified atom stereocenters. The first-order valence-corrected chi connectivity index (χ1v) is 10.6. The van der Waals surface area contributed by atoms with Crippen LogP contribution in [0.5, 0.6) is 0 Å². The van der Waals surface area contributed by atoms with Crippen molar-refractivity contribution in [2.75, 3.05) is 19.6 Å². The Hall–Kier alpha value is -2.17. The van der Waals surface area contributed by atoms with E-state index in [1.165, 1.54) is 36.8 Å². The van der Waals surface area contributed by atoms with E-state index in [1.54, 1.807) is 0 Å². The lowest BCUT2D eigenvalue weighted by Gasteiger charge is -2.39. The Bertz CT molecular complexity index is 777. The molecule has 0 aliphatic carbocycles. The van der Waals surface area contributed by atoms with Crippen LogP contribution in [0.1, 0.15) is 53.1 Å². The van der Waals surface area contributed by atoms with Gasteiger partial charge in [0.1, 0.15) is 0 Å². The number of carbonyl (C=O) groups is 1. The van der Waals surface area contributed by atoms with Gasteiger partial charge in [-0.1, -0.05) is 42.5 Å². The van der Waals surface area contributed by atoms with Gasteiger partial charge in [-0.2, -0.15) is 0 Å². The molecule has 2 fully saturated rings. The summed E-state index contributed by atoms with van der Waals surface area (Å²) in [5, 5.41) is 3.62. The van der Waals surface area contributed by atoms with E-state index in [2.05, 4.69) is 46.6 Å². The molecule has 2 aromatic rings. The molecular formula is C24H31N3O. The third-order valence-corrected chi connectivity index (χ3v) is 6.51. The number of hydrogen-bond acceptors (Lipinski definition) is 3. The molecule has 28 heavy (non-hydrogen) atoms. The molecule has 2 bridgehead atoms. The second kappa shape index (κ2) is 8.89. The summed E-state index contributed by atoms with van der Waals surface area (Å²) in [4.78, 5) is 14.2. The van der Waals surface area contributed by atoms with Crippen LogP contribution in [0, 0.1) is 0 Å². The Kier molecular flexibility index (Phi) is 6.08. The molecule has 1 amide bonds. The van der Waals surface area contributed by atoms with E-state index in [9.17, 15) is 4.79 Å². The maximum Gasteiger partial charge on any atom is 0.248 e. The van der Waals surface area contributed by atoms with Crippen molar-refractivity contribution in [3.05, 3.63) is 71.3 Å². The Morgan fingerprint density at radius 1 is 1.00 bits per heavy atom. The van der Waals surface area contributed by atoms with Crippen LogP contribution in [0.3, 0.4) is 0 Å². The highest BCUT2D eigenvalue weighted by Crippen LogP contribution is 2.42. The molecule has 4 nitrogen and oxygen atoms in total. The van der Waals surface area contributed by atoms with Crippen molar-refractivity contribution in [1.29, 1.82) is 0 Å². The normalized spacial score (nSPS) is 24.4. The number of nitrogens with one attached hydrogen (secondary N) is 1. The molecule has 2 saturated heterocycles. The van der Waals surface area contributed by atoms with Gasteiger partial charge in [0, 0.05) is 30.7 Å². The molecular weight excluding hydrogens is 346 g/mol. The van der Waals surface area contributed by atoms with Crippen molar-refractivity contribution in [2.24, 2.45) is 5.73 Å². The summed E-state index contributed by atoms with van der Waals surface area (Å²) in [5.41, 5.74) is 8.78. The molecule has 3 atom stereocenters. The lowest BCUT2D eigenvalue weighted by atomic mass is 9.84. The first-order valence-electron chi connectivity index (χ1n) is 10.6. The van der Waals surface area contributed by atoms with Gasteiger partial charge in [0.2, 0.25) is 5.91 Å². The SMILES string of the molecule is NC(=O)c1cccc([C@H]2C[C@H]3CC[C@@H](C2)N3CCNCCc2ccccc2)c1. The van der Waals surface area contributed by atoms with E-state index in [0.29, 0.717) is 23.6 Å². The zero-order valence-corrected chi connectivity index (χ0v) is 16.5. The smallest absolute Gasteiger partial charge is 0.248 e. The number of primary amides is 1. The van der Waals surface area contributed by atoms with Gasteiger partial charge < -0.3 is 11.1 Å². The Morgan fingerprint density at radius 2 is 1.75 bits per heavy atom. The Balaban J connectivity index is 1.26. The first kappa shape index (κ1) is 19.2. The van der Waals surface area contributed by atoms with Crippen LogP contribution in [0.25, 0.3) is 0 Å². The van der Waals surface area contributed by atoms with Crippen LogP contribution in [0.2, 0.25) is 0 Å². The molecule has 0 radical (unpaired) electrons. The number of piperidine rings is 1. The number of amides is 1. The van der Waals surface area contributed by atoms with E-state index in [0.717, 1.165) is 26.1 Å². The van der Waals surface area contributed by atoms with Crippen molar-refractivity contribution in [1.82, 2.24) is 10.2 Å². The van der Waals surface area contributed by atoms with Crippen molar-refractivity contribution >= 4 is 5.91 Å². The van der Waals surface area contributed by atoms with Crippen molar-refractivity contribution < 1.29 is 4.79 Å². The van der Waals surface area contributed by atoms with Gasteiger partial charge in [0.05, 0.1) is 0 Å². The zero-order chi connectivity index (χ0) is 19.3. The molecule has 0 spiro atoms. The lowest BCUT2D eigenvalue weighted by Crippen LogP contribution is -2.45. The van der Waals surface area contributed by atoms with E-state index < -0.39 is 0 Å². The van der Waals surface area contributed by atoms with Crippen LogP contribution >= 0.6 is 0 Å². The molecule has 4 heteroatoms. The number of nitrogens with zero attached hydrogens (tertiary/aromatic N) is 1. The number of rotatable bonds is 8. The van der Waals surface area contributed by atoms with E-state index in [4.69, 9.17) is 5.73 Å². The summed E-state index contributed by atoms with van der Waals surface area (Å²) in [7, 11) is 0. The van der Waals surface area contributed by atoms with Crippen LogP contribution < -0.4 is 11.1 Å². The van der Waals surface area contributed by atoms with Gasteiger partial charge in [-0.05, 0) is 67.8 Å². The monoisotopic (exact) mass is 377 g/mol. The lowest BCUT2D eigenvalue weighted by molar-refractivity contribution is 0.1000. The average Bonchev–Trinajstić information content (AvgIpc) is 2.95. The molecule has 2 aromatic carbocycles. The summed E-state index contributed by atoms with van der Waals surface area (Å²) in [6.45, 7) is 3.23. The summed E-state index contributed by atoms with van der Waals surface area (Å²) >= 11 is 0. The van der Waals surface area contributed by atoms with Gasteiger partial charge in [0.25, 0.3) is 0 Å². The minimum absolute atomic E-state index is 0.330. The van der Waals surface area contributed by atoms with E-state index >= 15 is 0 Å². The predicted molar refractivity (Wildman–Crippen MR) is 113 cm³/mol. The van der Waals surface area contributed by atoms with Crippen LogP contribution in [0.4, 0.5) is 0 Å². The van der Waals surface area contributed by atoms with Crippen molar-refractivity contribution in [2.45, 2.75) is 50.1 Å². The summed E-state index contributed by atoms with van der Waals surface area (Å²) < 4.78 is 0.